The Morgan fingerprint density at radius 2 is 1.17 bits per heavy atom. The third-order valence-electron chi connectivity index (χ3n) is 19.4. The van der Waals surface area contributed by atoms with Crippen LogP contribution in [-0.4, -0.2) is 140 Å². The normalized spacial score (nSPS) is 32.5. The van der Waals surface area contributed by atoms with Gasteiger partial charge in [0, 0.05) is 44.1 Å². The van der Waals surface area contributed by atoms with E-state index in [0.29, 0.717) is 24.8 Å². The summed E-state index contributed by atoms with van der Waals surface area (Å²) in [5.74, 6) is -4.69. The summed E-state index contributed by atoms with van der Waals surface area (Å²) in [6.45, 7) is 29.9. The van der Waals surface area contributed by atoms with Gasteiger partial charge < -0.3 is 56.9 Å². The Kier molecular flexibility index (Phi) is 28.6. The average molecular weight is 1230 g/mol. The number of benzene rings is 1. The van der Waals surface area contributed by atoms with Gasteiger partial charge in [0.1, 0.15) is 18.1 Å². The first-order valence-electron chi connectivity index (χ1n) is 32.2. The van der Waals surface area contributed by atoms with Gasteiger partial charge in [-0.05, 0) is 105 Å². The van der Waals surface area contributed by atoms with Crippen molar-refractivity contribution in [2.75, 3.05) is 0 Å². The number of hydrogen-bond acceptors (Lipinski definition) is 13. The lowest BCUT2D eigenvalue weighted by atomic mass is 9.83. The van der Waals surface area contributed by atoms with E-state index in [4.69, 9.17) is 41.4 Å². The van der Waals surface area contributed by atoms with E-state index in [-0.39, 0.29) is 55.9 Å². The number of aliphatic carboxylic acids is 1. The number of carboxylic acids is 1. The number of carboxylic acid groups (broad SMARTS) is 1. The molecule has 15 nitrogen and oxygen atoms in total. The molecule has 3 saturated heterocycles. The predicted molar refractivity (Wildman–Crippen MR) is 339 cm³/mol. The molecule has 0 aromatic heterocycles. The minimum absolute atomic E-state index is 0.0104. The molecule has 0 spiro atoms. The van der Waals surface area contributed by atoms with E-state index in [1.807, 2.05) is 80.7 Å². The molecule has 3 fully saturated rings. The second kappa shape index (κ2) is 33.4. The summed E-state index contributed by atoms with van der Waals surface area (Å²) in [6.07, 6.45) is 9.76. The van der Waals surface area contributed by atoms with Gasteiger partial charge in [0.2, 0.25) is 0 Å². The minimum Gasteiger partial charge on any atom is -0.481 e. The molecule has 3 N–H and O–H groups in total. The number of allylic oxidation sites excluding steroid dienone is 6. The Bertz CT molecular complexity index is 2220. The van der Waals surface area contributed by atoms with Crippen LogP contribution in [0.15, 0.2) is 78.9 Å². The highest BCUT2D eigenvalue weighted by Gasteiger charge is 2.56. The summed E-state index contributed by atoms with van der Waals surface area (Å²) in [7, 11) is -9.74. The fourth-order valence-corrected chi connectivity index (χ4v) is 24.4. The fraction of sp³-hybridized carbons (Fsp3) is 0.734. The van der Waals surface area contributed by atoms with Crippen LogP contribution in [0.1, 0.15) is 152 Å². The van der Waals surface area contributed by atoms with Crippen molar-refractivity contribution in [2.24, 2.45) is 5.92 Å². The maximum absolute atomic E-state index is 14.6. The number of epoxide rings is 1. The van der Waals surface area contributed by atoms with Gasteiger partial charge >= 0.3 is 11.9 Å². The van der Waals surface area contributed by atoms with E-state index >= 15 is 0 Å². The number of carbonyl (C=O) groups excluding carboxylic acids is 2. The third-order valence-corrected chi connectivity index (χ3v) is 38.0. The van der Waals surface area contributed by atoms with E-state index in [2.05, 4.69) is 88.4 Å². The lowest BCUT2D eigenvalue weighted by Gasteiger charge is -2.51. The summed E-state index contributed by atoms with van der Waals surface area (Å²) in [4.78, 5) is 41.8. The van der Waals surface area contributed by atoms with Gasteiger partial charge in [0.25, 0.3) is 5.91 Å². The lowest BCUT2D eigenvalue weighted by Crippen LogP contribution is -2.68. The molecule has 83 heavy (non-hydrogen) atoms. The van der Waals surface area contributed by atoms with Crippen molar-refractivity contribution in [1.29, 1.82) is 0 Å². The van der Waals surface area contributed by atoms with Gasteiger partial charge in [-0.3, -0.25) is 14.4 Å². The van der Waals surface area contributed by atoms with Crippen LogP contribution in [0.3, 0.4) is 0 Å². The number of aliphatic hydroxyl groups is 1. The standard InChI is InChI=1S/C64H109NO14Si4/c1-15-80(16-2,17-3)76-51-44-53-52(74-53)41-42-56(66)71-47(13)37-33-30-28-27-29-31-36-40-50(43-54-57(62(68)69)55(46-64(70,45-51)75-54)77-81(18-4,19-5)20-6)73-63-60(79-83(24-10,25-11)26-12)58(65-61(67)49-38-34-32-35-39-49)59(48(14)72-63)78-82(21-7,22-8)23-9/h27-36,38-40,47-48,50-55,57-60,63,70H,15-26,37,41-46H2,1-14H3,(H,65,67)(H,68,69)/b28-27+,31-29+,33-30+,40-36+/t47-,48-,50+,51+,52-,53-,54+,55+,57+,58+,59-,60+,63+,64-/m1/s1. The molecule has 2 bridgehead atoms. The number of fused-ring (bicyclic) bond motifs is 3. The number of hydrogen-bond donors (Lipinski definition) is 3. The van der Waals surface area contributed by atoms with E-state index in [9.17, 15) is 24.6 Å². The molecule has 14 atom stereocenters. The fourth-order valence-electron chi connectivity index (χ4n) is 12.9. The average Bonchev–Trinajstić information content (AvgIpc) is 3.85. The second-order valence-electron chi connectivity index (χ2n) is 24.0. The molecule has 0 radical (unpaired) electrons. The maximum atomic E-state index is 14.6. The first kappa shape index (κ1) is 70.9. The van der Waals surface area contributed by atoms with Crippen molar-refractivity contribution in [3.05, 3.63) is 84.5 Å². The summed E-state index contributed by atoms with van der Waals surface area (Å²) < 4.78 is 63.2. The van der Waals surface area contributed by atoms with Crippen LogP contribution in [0.25, 0.3) is 0 Å². The van der Waals surface area contributed by atoms with Crippen molar-refractivity contribution < 1.29 is 66.0 Å². The number of nitrogens with one attached hydrogen (secondary N) is 1. The molecule has 4 aliphatic heterocycles. The van der Waals surface area contributed by atoms with Gasteiger partial charge in [-0.25, -0.2) is 0 Å². The Balaban J connectivity index is 1.71. The molecule has 0 aliphatic carbocycles. The molecule has 0 saturated carbocycles. The zero-order valence-electron chi connectivity index (χ0n) is 53.2. The zero-order chi connectivity index (χ0) is 61.0. The van der Waals surface area contributed by atoms with Gasteiger partial charge in [-0.15, -0.1) is 0 Å². The molecule has 4 aliphatic rings. The number of cyclic esters (lactones) is 1. The van der Waals surface area contributed by atoms with Gasteiger partial charge in [-0.1, -0.05) is 150 Å². The van der Waals surface area contributed by atoms with E-state index in [0.717, 1.165) is 72.5 Å². The summed E-state index contributed by atoms with van der Waals surface area (Å²) in [5.41, 5.74) is 0.506. The highest BCUT2D eigenvalue weighted by atomic mass is 28.4. The maximum Gasteiger partial charge on any atom is 0.311 e. The van der Waals surface area contributed by atoms with Gasteiger partial charge in [0.15, 0.2) is 45.3 Å². The summed E-state index contributed by atoms with van der Waals surface area (Å²) in [5, 5.41) is 28.4. The first-order valence-corrected chi connectivity index (χ1v) is 42.3. The highest BCUT2D eigenvalue weighted by Crippen LogP contribution is 2.45. The third kappa shape index (κ3) is 19.5. The zero-order valence-corrected chi connectivity index (χ0v) is 57.2. The van der Waals surface area contributed by atoms with Gasteiger partial charge in [-0.2, -0.15) is 0 Å². The molecule has 1 aromatic carbocycles. The molecular formula is C64H109NO14Si4. The monoisotopic (exact) mass is 1230 g/mol. The number of amides is 1. The minimum atomic E-state index is -2.54. The Morgan fingerprint density at radius 3 is 1.73 bits per heavy atom. The summed E-state index contributed by atoms with van der Waals surface area (Å²) >= 11 is 0. The predicted octanol–water partition coefficient (Wildman–Crippen LogP) is 13.9. The van der Waals surface area contributed by atoms with Crippen LogP contribution in [0.5, 0.6) is 0 Å². The molecule has 0 unspecified atom stereocenters. The number of rotatable bonds is 25. The molecule has 19 heteroatoms. The smallest absolute Gasteiger partial charge is 0.311 e. The van der Waals surface area contributed by atoms with E-state index in [1.165, 1.54) is 0 Å². The highest BCUT2D eigenvalue weighted by molar-refractivity contribution is 6.74. The first-order chi connectivity index (χ1) is 39.7. The Labute approximate surface area is 503 Å². The Hall–Kier alpha value is -2.90. The largest absolute Gasteiger partial charge is 0.481 e. The van der Waals surface area contributed by atoms with Crippen LogP contribution >= 0.6 is 0 Å². The van der Waals surface area contributed by atoms with Crippen molar-refractivity contribution in [3.63, 3.8) is 0 Å². The topological polar surface area (TPSA) is 190 Å². The van der Waals surface area contributed by atoms with E-state index < -0.39 is 106 Å². The van der Waals surface area contributed by atoms with Crippen LogP contribution < -0.4 is 5.32 Å². The lowest BCUT2D eigenvalue weighted by molar-refractivity contribution is -0.305. The molecule has 470 valence electrons. The van der Waals surface area contributed by atoms with Gasteiger partial charge in [0.05, 0.1) is 54.9 Å². The summed E-state index contributed by atoms with van der Waals surface area (Å²) in [6, 6.07) is 18.5. The van der Waals surface area contributed by atoms with Crippen LogP contribution in [0, 0.1) is 5.92 Å². The molecule has 4 heterocycles. The quantitative estimate of drug-likeness (QED) is 0.0476. The molecule has 5 rings (SSSR count). The molecular weight excluding hydrogens is 1120 g/mol. The Morgan fingerprint density at radius 1 is 0.639 bits per heavy atom. The molecule has 1 amide bonds. The number of ether oxygens (including phenoxy) is 5. The number of carbonyl (C=O) groups is 3. The van der Waals surface area contributed by atoms with Crippen molar-refractivity contribution in [3.8, 4) is 0 Å². The van der Waals surface area contributed by atoms with Crippen LogP contribution in [0.2, 0.25) is 72.5 Å². The molecule has 1 aromatic rings. The van der Waals surface area contributed by atoms with Crippen molar-refractivity contribution >= 4 is 51.1 Å². The van der Waals surface area contributed by atoms with E-state index in [1.54, 1.807) is 12.1 Å². The van der Waals surface area contributed by atoms with Crippen molar-refractivity contribution in [1.82, 2.24) is 5.32 Å². The van der Waals surface area contributed by atoms with Crippen LogP contribution in [-0.2, 0) is 51.0 Å². The second-order valence-corrected chi connectivity index (χ2v) is 42.9. The van der Waals surface area contributed by atoms with Crippen LogP contribution in [0.4, 0.5) is 0 Å². The SMILES string of the molecule is CC[Si](CC)(CC)O[C@H]1C[C@H]2O[C@@H]2CCC(=O)O[C@H](C)C/C=C/C=C/C=C/C=C/[C@H](O[C@@H]2O[C@H](C)[C@@H](O[Si](CC)(CC)CC)[C@H](NC(=O)c3ccccc3)[C@@H]2O[Si](CC)(CC)CC)C[C@@H]2O[C@](O)(C1)C[C@H](O[Si](CC)(CC)CC)[C@H]2C(=O)O. The number of esters is 1. The van der Waals surface area contributed by atoms with Crippen molar-refractivity contribution in [2.45, 2.75) is 294 Å².